The summed E-state index contributed by atoms with van der Waals surface area (Å²) < 4.78 is 2.46. The first-order valence-electron chi connectivity index (χ1n) is 5.05. The SMILES string of the molecule is Cc1cc(Br)c(-n2cc(C(C)O)nn2)cc1Cl. The van der Waals surface area contributed by atoms with Gasteiger partial charge in [-0.1, -0.05) is 16.8 Å². The van der Waals surface area contributed by atoms with Crippen molar-refractivity contribution < 1.29 is 5.11 Å². The predicted octanol–water partition coefficient (Wildman–Crippen LogP) is 3.04. The summed E-state index contributed by atoms with van der Waals surface area (Å²) in [5.74, 6) is 0. The van der Waals surface area contributed by atoms with Gasteiger partial charge in [-0.25, -0.2) is 4.68 Å². The van der Waals surface area contributed by atoms with Crippen LogP contribution in [0.1, 0.15) is 24.3 Å². The number of rotatable bonds is 2. The highest BCUT2D eigenvalue weighted by atomic mass is 79.9. The fourth-order valence-corrected chi connectivity index (χ4v) is 2.19. The van der Waals surface area contributed by atoms with Crippen molar-refractivity contribution in [2.45, 2.75) is 20.0 Å². The van der Waals surface area contributed by atoms with Crippen molar-refractivity contribution in [2.24, 2.45) is 0 Å². The van der Waals surface area contributed by atoms with E-state index < -0.39 is 6.10 Å². The van der Waals surface area contributed by atoms with E-state index in [1.807, 2.05) is 19.1 Å². The second-order valence-electron chi connectivity index (χ2n) is 3.82. The minimum absolute atomic E-state index is 0.522. The fraction of sp³-hybridized carbons (Fsp3) is 0.273. The number of halogens is 2. The number of aryl methyl sites for hydroxylation is 1. The second kappa shape index (κ2) is 4.76. The summed E-state index contributed by atoms with van der Waals surface area (Å²) in [5.41, 5.74) is 2.30. The molecule has 1 unspecified atom stereocenters. The molecule has 1 atom stereocenters. The molecule has 2 rings (SSSR count). The average molecular weight is 317 g/mol. The van der Waals surface area contributed by atoms with Gasteiger partial charge < -0.3 is 5.11 Å². The van der Waals surface area contributed by atoms with Gasteiger partial charge in [0, 0.05) is 9.50 Å². The molecule has 0 saturated heterocycles. The maximum atomic E-state index is 9.40. The Morgan fingerprint density at radius 3 is 2.76 bits per heavy atom. The van der Waals surface area contributed by atoms with E-state index in [2.05, 4.69) is 26.2 Å². The summed E-state index contributed by atoms with van der Waals surface area (Å²) >= 11 is 9.53. The Kier molecular flexibility index (Phi) is 3.51. The van der Waals surface area contributed by atoms with Gasteiger partial charge in [-0.15, -0.1) is 5.10 Å². The monoisotopic (exact) mass is 315 g/mol. The van der Waals surface area contributed by atoms with Crippen LogP contribution in [-0.2, 0) is 0 Å². The van der Waals surface area contributed by atoms with E-state index in [4.69, 9.17) is 11.6 Å². The van der Waals surface area contributed by atoms with Crippen LogP contribution in [0.4, 0.5) is 0 Å². The maximum Gasteiger partial charge on any atom is 0.111 e. The van der Waals surface area contributed by atoms with Gasteiger partial charge in [0.25, 0.3) is 0 Å². The van der Waals surface area contributed by atoms with Crippen molar-refractivity contribution in [1.82, 2.24) is 15.0 Å². The largest absolute Gasteiger partial charge is 0.387 e. The fourth-order valence-electron chi connectivity index (χ4n) is 1.40. The van der Waals surface area contributed by atoms with E-state index in [0.717, 1.165) is 15.7 Å². The molecular formula is C11H11BrClN3O. The molecule has 4 nitrogen and oxygen atoms in total. The summed E-state index contributed by atoms with van der Waals surface area (Å²) in [5, 5.41) is 17.9. The molecule has 6 heteroatoms. The Labute approximate surface area is 112 Å². The van der Waals surface area contributed by atoms with E-state index in [1.54, 1.807) is 17.8 Å². The third kappa shape index (κ3) is 2.51. The molecule has 0 aliphatic rings. The van der Waals surface area contributed by atoms with Crippen LogP contribution >= 0.6 is 27.5 Å². The van der Waals surface area contributed by atoms with E-state index in [0.29, 0.717) is 10.7 Å². The molecule has 1 aromatic heterocycles. The van der Waals surface area contributed by atoms with Crippen molar-refractivity contribution >= 4 is 27.5 Å². The Morgan fingerprint density at radius 1 is 1.47 bits per heavy atom. The Hall–Kier alpha value is -0.910. The molecule has 1 heterocycles. The van der Waals surface area contributed by atoms with E-state index in [1.165, 1.54) is 0 Å². The minimum atomic E-state index is -0.636. The molecule has 0 fully saturated rings. The molecule has 0 radical (unpaired) electrons. The summed E-state index contributed by atoms with van der Waals surface area (Å²) in [4.78, 5) is 0. The Bertz CT molecular complexity index is 554. The van der Waals surface area contributed by atoms with Gasteiger partial charge >= 0.3 is 0 Å². The summed E-state index contributed by atoms with van der Waals surface area (Å²) in [6.45, 7) is 3.57. The molecule has 1 aromatic carbocycles. The first-order valence-corrected chi connectivity index (χ1v) is 6.22. The van der Waals surface area contributed by atoms with Crippen molar-refractivity contribution in [3.63, 3.8) is 0 Å². The lowest BCUT2D eigenvalue weighted by molar-refractivity contribution is 0.194. The standard InChI is InChI=1S/C11H11BrClN3O/c1-6-3-8(12)11(4-9(6)13)16-5-10(7(2)17)14-15-16/h3-5,7,17H,1-2H3. The van der Waals surface area contributed by atoms with Crippen LogP contribution < -0.4 is 0 Å². The van der Waals surface area contributed by atoms with Crippen LogP contribution in [0.3, 0.4) is 0 Å². The summed E-state index contributed by atoms with van der Waals surface area (Å²) in [7, 11) is 0. The minimum Gasteiger partial charge on any atom is -0.387 e. The second-order valence-corrected chi connectivity index (χ2v) is 5.08. The lowest BCUT2D eigenvalue weighted by atomic mass is 10.2. The van der Waals surface area contributed by atoms with Gasteiger partial charge in [0.2, 0.25) is 0 Å². The van der Waals surface area contributed by atoms with E-state index >= 15 is 0 Å². The first-order chi connectivity index (χ1) is 7.99. The van der Waals surface area contributed by atoms with Gasteiger partial charge in [-0.05, 0) is 47.5 Å². The van der Waals surface area contributed by atoms with Gasteiger partial charge in [0.05, 0.1) is 18.0 Å². The molecule has 0 spiro atoms. The molecule has 0 aliphatic carbocycles. The molecule has 1 N–H and O–H groups in total. The number of hydrogen-bond donors (Lipinski definition) is 1. The Balaban J connectivity index is 2.49. The molecule has 17 heavy (non-hydrogen) atoms. The number of benzene rings is 1. The number of aromatic nitrogens is 3. The maximum absolute atomic E-state index is 9.40. The molecule has 90 valence electrons. The zero-order valence-electron chi connectivity index (χ0n) is 9.35. The van der Waals surface area contributed by atoms with E-state index in [-0.39, 0.29) is 0 Å². The number of aliphatic hydroxyl groups is 1. The molecule has 0 bridgehead atoms. The van der Waals surface area contributed by atoms with Crippen LogP contribution in [0.25, 0.3) is 5.69 Å². The highest BCUT2D eigenvalue weighted by Gasteiger charge is 2.11. The van der Waals surface area contributed by atoms with Crippen molar-refractivity contribution in [3.05, 3.63) is 39.1 Å². The Morgan fingerprint density at radius 2 is 2.18 bits per heavy atom. The lowest BCUT2D eigenvalue weighted by Crippen LogP contribution is -1.97. The zero-order chi connectivity index (χ0) is 12.6. The zero-order valence-corrected chi connectivity index (χ0v) is 11.7. The van der Waals surface area contributed by atoms with Crippen molar-refractivity contribution in [2.75, 3.05) is 0 Å². The molecule has 0 aliphatic heterocycles. The quantitative estimate of drug-likeness (QED) is 0.926. The van der Waals surface area contributed by atoms with Gasteiger partial charge in [-0.3, -0.25) is 0 Å². The molecule has 0 saturated carbocycles. The normalized spacial score (nSPS) is 12.8. The summed E-state index contributed by atoms with van der Waals surface area (Å²) in [6, 6.07) is 3.73. The van der Waals surface area contributed by atoms with Crippen LogP contribution in [0.15, 0.2) is 22.8 Å². The average Bonchev–Trinajstić information content (AvgIpc) is 2.72. The third-order valence-corrected chi connectivity index (χ3v) is 3.46. The lowest BCUT2D eigenvalue weighted by Gasteiger charge is -2.06. The predicted molar refractivity (Wildman–Crippen MR) is 69.4 cm³/mol. The van der Waals surface area contributed by atoms with Gasteiger partial charge in [0.15, 0.2) is 0 Å². The van der Waals surface area contributed by atoms with Crippen molar-refractivity contribution in [3.8, 4) is 5.69 Å². The molecular weight excluding hydrogens is 305 g/mol. The highest BCUT2D eigenvalue weighted by molar-refractivity contribution is 9.10. The highest BCUT2D eigenvalue weighted by Crippen LogP contribution is 2.27. The first kappa shape index (κ1) is 12.5. The van der Waals surface area contributed by atoms with Crippen LogP contribution in [0, 0.1) is 6.92 Å². The third-order valence-electron chi connectivity index (χ3n) is 2.41. The van der Waals surface area contributed by atoms with E-state index in [9.17, 15) is 5.11 Å². The topological polar surface area (TPSA) is 50.9 Å². The van der Waals surface area contributed by atoms with Gasteiger partial charge in [0.1, 0.15) is 5.69 Å². The van der Waals surface area contributed by atoms with Gasteiger partial charge in [-0.2, -0.15) is 0 Å². The molecule has 2 aromatic rings. The number of aliphatic hydroxyl groups excluding tert-OH is 1. The van der Waals surface area contributed by atoms with Crippen LogP contribution in [0.5, 0.6) is 0 Å². The van der Waals surface area contributed by atoms with Crippen LogP contribution in [0.2, 0.25) is 5.02 Å². The van der Waals surface area contributed by atoms with Crippen molar-refractivity contribution in [1.29, 1.82) is 0 Å². The van der Waals surface area contributed by atoms with Crippen LogP contribution in [-0.4, -0.2) is 20.1 Å². The number of nitrogens with zero attached hydrogens (tertiary/aromatic N) is 3. The molecule has 0 amide bonds. The number of hydrogen-bond acceptors (Lipinski definition) is 3. The smallest absolute Gasteiger partial charge is 0.111 e. The summed E-state index contributed by atoms with van der Waals surface area (Å²) in [6.07, 6.45) is 1.04.